The van der Waals surface area contributed by atoms with Crippen LogP contribution in [-0.2, 0) is 33.6 Å². The van der Waals surface area contributed by atoms with Crippen molar-refractivity contribution in [2.24, 2.45) is 0 Å². The number of amides is 1. The van der Waals surface area contributed by atoms with Crippen molar-refractivity contribution in [2.45, 2.75) is 64.0 Å². The lowest BCUT2D eigenvalue weighted by atomic mass is 10.0. The third kappa shape index (κ3) is 6.57. The summed E-state index contributed by atoms with van der Waals surface area (Å²) in [6.07, 6.45) is 0.367. The second-order valence-corrected chi connectivity index (χ2v) is 9.89. The number of ether oxygens (including phenoxy) is 4. The zero-order chi connectivity index (χ0) is 25.7. The summed E-state index contributed by atoms with van der Waals surface area (Å²) in [4.78, 5) is 29.5. The monoisotopic (exact) mass is 498 g/mol. The van der Waals surface area contributed by atoms with Crippen molar-refractivity contribution in [1.82, 2.24) is 15.6 Å². The molecule has 2 aromatic rings. The number of pyridine rings is 1. The predicted octanol–water partition coefficient (Wildman–Crippen LogP) is 3.19. The van der Waals surface area contributed by atoms with E-state index in [9.17, 15) is 9.59 Å². The Morgan fingerprint density at radius 1 is 1.14 bits per heavy atom. The molecule has 10 nitrogen and oxygen atoms in total. The van der Waals surface area contributed by atoms with Gasteiger partial charge >= 0.3 is 12.2 Å². The van der Waals surface area contributed by atoms with Gasteiger partial charge in [0.15, 0.2) is 12.2 Å². The van der Waals surface area contributed by atoms with Gasteiger partial charge in [-0.1, -0.05) is 12.1 Å². The van der Waals surface area contributed by atoms with Crippen LogP contribution in [0, 0.1) is 0 Å². The van der Waals surface area contributed by atoms with Crippen LogP contribution in [0.2, 0.25) is 0 Å². The molecule has 4 rings (SSSR count). The van der Waals surface area contributed by atoms with E-state index in [0.717, 1.165) is 41.2 Å². The van der Waals surface area contributed by atoms with E-state index in [2.05, 4.69) is 20.9 Å². The number of nitrogens with one attached hydrogen (secondary N) is 3. The first kappa shape index (κ1) is 25.6. The number of fused-ring (bicyclic) bond motifs is 1. The number of carbonyl (C=O) groups is 2. The van der Waals surface area contributed by atoms with Gasteiger partial charge in [-0.3, -0.25) is 0 Å². The minimum atomic E-state index is -0.798. The maximum atomic E-state index is 12.8. The van der Waals surface area contributed by atoms with E-state index < -0.39 is 30.1 Å². The van der Waals surface area contributed by atoms with Gasteiger partial charge in [0.25, 0.3) is 0 Å². The number of aromatic nitrogens is 1. The van der Waals surface area contributed by atoms with Gasteiger partial charge in [-0.25, -0.2) is 14.6 Å². The number of methoxy groups -OCH3 is 1. The molecule has 1 fully saturated rings. The second-order valence-electron chi connectivity index (χ2n) is 9.89. The number of benzene rings is 1. The van der Waals surface area contributed by atoms with Gasteiger partial charge in [0.05, 0.1) is 13.2 Å². The maximum absolute atomic E-state index is 12.8. The maximum Gasteiger partial charge on any atom is 0.509 e. The van der Waals surface area contributed by atoms with Crippen molar-refractivity contribution in [3.63, 3.8) is 0 Å². The summed E-state index contributed by atoms with van der Waals surface area (Å²) in [5.74, 6) is 1.61. The Labute approximate surface area is 211 Å². The van der Waals surface area contributed by atoms with Crippen LogP contribution in [0.4, 0.5) is 15.4 Å². The molecule has 1 amide bonds. The molecule has 0 radical (unpaired) electrons. The second kappa shape index (κ2) is 11.0. The van der Waals surface area contributed by atoms with Crippen LogP contribution in [0.1, 0.15) is 37.5 Å². The van der Waals surface area contributed by atoms with Gasteiger partial charge in [-0.05, 0) is 62.9 Å². The summed E-state index contributed by atoms with van der Waals surface area (Å²) < 4.78 is 21.9. The fourth-order valence-electron chi connectivity index (χ4n) is 4.40. The fraction of sp³-hybridized carbons (Fsp3) is 0.500. The third-order valence-electron chi connectivity index (χ3n) is 6.08. The average molecular weight is 499 g/mol. The summed E-state index contributed by atoms with van der Waals surface area (Å²) in [5.41, 5.74) is 2.42. The fourth-order valence-corrected chi connectivity index (χ4v) is 4.40. The molecule has 36 heavy (non-hydrogen) atoms. The minimum absolute atomic E-state index is 0.258. The zero-order valence-corrected chi connectivity index (χ0v) is 21.1. The Hall–Kier alpha value is -3.53. The average Bonchev–Trinajstić information content (AvgIpc) is 3.45. The van der Waals surface area contributed by atoms with Gasteiger partial charge < -0.3 is 34.9 Å². The van der Waals surface area contributed by atoms with Crippen LogP contribution in [0.15, 0.2) is 36.5 Å². The number of hydrogen-bond donors (Lipinski definition) is 3. The highest BCUT2D eigenvalue weighted by molar-refractivity contribution is 5.68. The summed E-state index contributed by atoms with van der Waals surface area (Å²) in [6, 6.07) is 9.30. The molecule has 3 heterocycles. The highest BCUT2D eigenvalue weighted by Gasteiger charge is 2.42. The quantitative estimate of drug-likeness (QED) is 0.494. The van der Waals surface area contributed by atoms with Crippen molar-refractivity contribution in [1.29, 1.82) is 0 Å². The molecule has 0 aliphatic carbocycles. The Morgan fingerprint density at radius 2 is 1.92 bits per heavy atom. The lowest BCUT2D eigenvalue weighted by molar-refractivity contribution is -0.0518. The molecule has 194 valence electrons. The summed E-state index contributed by atoms with van der Waals surface area (Å²) in [5, 5.41) is 9.40. The van der Waals surface area contributed by atoms with E-state index in [0.29, 0.717) is 19.5 Å². The first-order valence-corrected chi connectivity index (χ1v) is 12.1. The smallest absolute Gasteiger partial charge is 0.497 e. The van der Waals surface area contributed by atoms with Crippen LogP contribution < -0.4 is 20.7 Å². The Bertz CT molecular complexity index is 1070. The molecule has 2 aliphatic heterocycles. The van der Waals surface area contributed by atoms with Crippen molar-refractivity contribution in [3.05, 3.63) is 53.2 Å². The predicted molar refractivity (Wildman–Crippen MR) is 133 cm³/mol. The highest BCUT2D eigenvalue weighted by Crippen LogP contribution is 2.24. The Kier molecular flexibility index (Phi) is 7.83. The zero-order valence-electron chi connectivity index (χ0n) is 21.1. The number of alkyl carbamates (subject to hydrolysis) is 1. The number of hydrogen-bond acceptors (Lipinski definition) is 9. The molecule has 2 aliphatic rings. The van der Waals surface area contributed by atoms with Crippen LogP contribution in [0.5, 0.6) is 5.75 Å². The van der Waals surface area contributed by atoms with E-state index in [4.69, 9.17) is 18.9 Å². The normalized spacial score (nSPS) is 20.7. The summed E-state index contributed by atoms with van der Waals surface area (Å²) in [6.45, 7) is 6.77. The Morgan fingerprint density at radius 3 is 2.64 bits per heavy atom. The number of rotatable bonds is 7. The lowest BCUT2D eigenvalue weighted by Crippen LogP contribution is -2.43. The van der Waals surface area contributed by atoms with Gasteiger partial charge in [0.2, 0.25) is 0 Å². The van der Waals surface area contributed by atoms with Crippen molar-refractivity contribution < 1.29 is 28.5 Å². The van der Waals surface area contributed by atoms with Crippen molar-refractivity contribution in [2.75, 3.05) is 25.5 Å². The Balaban J connectivity index is 1.42. The number of anilines is 1. The molecule has 0 saturated carbocycles. The lowest BCUT2D eigenvalue weighted by Gasteiger charge is -2.26. The number of nitrogens with zero attached hydrogens (tertiary/aromatic N) is 1. The first-order chi connectivity index (χ1) is 17.2. The summed E-state index contributed by atoms with van der Waals surface area (Å²) >= 11 is 0. The third-order valence-corrected chi connectivity index (χ3v) is 6.08. The van der Waals surface area contributed by atoms with E-state index in [1.165, 1.54) is 0 Å². The molecule has 3 N–H and O–H groups in total. The van der Waals surface area contributed by atoms with Gasteiger partial charge in [-0.2, -0.15) is 0 Å². The van der Waals surface area contributed by atoms with Gasteiger partial charge in [-0.15, -0.1) is 0 Å². The molecule has 0 bridgehead atoms. The molecular weight excluding hydrogens is 464 g/mol. The van der Waals surface area contributed by atoms with Gasteiger partial charge in [0, 0.05) is 31.4 Å². The topological polar surface area (TPSA) is 120 Å². The van der Waals surface area contributed by atoms with E-state index in [-0.39, 0.29) is 6.04 Å². The molecule has 0 unspecified atom stereocenters. The van der Waals surface area contributed by atoms with Crippen LogP contribution in [-0.4, -0.2) is 61.3 Å². The van der Waals surface area contributed by atoms with Crippen LogP contribution in [0.25, 0.3) is 0 Å². The molecule has 1 aromatic heterocycles. The largest absolute Gasteiger partial charge is 0.509 e. The molecule has 3 atom stereocenters. The highest BCUT2D eigenvalue weighted by atomic mass is 16.7. The van der Waals surface area contributed by atoms with Crippen LogP contribution >= 0.6 is 0 Å². The summed E-state index contributed by atoms with van der Waals surface area (Å²) in [7, 11) is 1.62. The molecule has 0 spiro atoms. The van der Waals surface area contributed by atoms with E-state index >= 15 is 0 Å². The van der Waals surface area contributed by atoms with Crippen molar-refractivity contribution >= 4 is 18.1 Å². The minimum Gasteiger partial charge on any atom is -0.497 e. The van der Waals surface area contributed by atoms with E-state index in [1.54, 1.807) is 34.1 Å². The van der Waals surface area contributed by atoms with Gasteiger partial charge in [0.1, 0.15) is 17.2 Å². The van der Waals surface area contributed by atoms with E-state index in [1.807, 2.05) is 30.3 Å². The van der Waals surface area contributed by atoms with Crippen molar-refractivity contribution in [3.8, 4) is 5.75 Å². The first-order valence-electron chi connectivity index (χ1n) is 12.1. The molecule has 1 saturated heterocycles. The molecule has 1 aromatic carbocycles. The van der Waals surface area contributed by atoms with Crippen LogP contribution in [0.3, 0.4) is 0 Å². The molecular formula is C26H34N4O6. The standard InChI is InChI=1S/C26H34N4O6/c1-26(2,3)36-25(32)34-21-15-29-20(13-16-5-7-18(33-4)8-6-16)22(21)35-24(31)30-14-17-9-11-27-23-19(17)10-12-28-23/h5-9,11,20-22,29H,10,12-15H2,1-4H3,(H,27,28)(H,30,31)/t20-,21+,22+/m1/s1. The number of carbonyl (C=O) groups excluding carboxylic acids is 2. The molecule has 10 heteroatoms. The SMILES string of the molecule is COc1ccc(C[C@H]2NC[C@H](OC(=O)OC(C)(C)C)[C@H]2OC(=O)NCc2ccnc3c2CCN3)cc1.